The Labute approximate surface area is 114 Å². The van der Waals surface area contributed by atoms with Crippen molar-refractivity contribution in [2.24, 2.45) is 0 Å². The van der Waals surface area contributed by atoms with Crippen LogP contribution in [-0.4, -0.2) is 30.8 Å². The van der Waals surface area contributed by atoms with E-state index >= 15 is 0 Å². The zero-order chi connectivity index (χ0) is 16.3. The normalized spacial score (nSPS) is 12.3. The lowest BCUT2D eigenvalue weighted by Crippen LogP contribution is -2.45. The molecule has 0 amide bonds. The molecule has 114 valence electrons. The van der Waals surface area contributed by atoms with Gasteiger partial charge in [-0.25, -0.2) is 0 Å². The minimum Gasteiger partial charge on any atom is -0.353 e. The zero-order valence-corrected chi connectivity index (χ0v) is 10.1. The molecule has 0 spiro atoms. The van der Waals surface area contributed by atoms with E-state index in [0.717, 1.165) is 12.1 Å². The molecule has 0 saturated heterocycles. The van der Waals surface area contributed by atoms with E-state index in [1.54, 1.807) is 6.07 Å². The van der Waals surface area contributed by atoms with Crippen molar-refractivity contribution >= 4 is 5.78 Å². The Bertz CT molecular complexity index is 527. The minimum absolute atomic E-state index is 0.155. The molecule has 0 aliphatic heterocycles. The molecule has 21 heavy (non-hydrogen) atoms. The molecule has 0 bridgehead atoms. The summed E-state index contributed by atoms with van der Waals surface area (Å²) in [7, 11) is 0. The summed E-state index contributed by atoms with van der Waals surface area (Å²) in [6.45, 7) is -1.38. The highest BCUT2D eigenvalue weighted by Gasteiger charge is 2.58. The molecule has 0 unspecified atom stereocenters. The second-order valence-corrected chi connectivity index (χ2v) is 3.89. The van der Waals surface area contributed by atoms with E-state index in [2.05, 4.69) is 4.74 Å². The van der Waals surface area contributed by atoms with Crippen molar-refractivity contribution in [3.8, 4) is 6.07 Å². The molecule has 1 aromatic rings. The number of hydrogen-bond acceptors (Lipinski definition) is 3. The Kier molecular flexibility index (Phi) is 4.96. The number of hydrogen-bond donors (Lipinski definition) is 0. The fourth-order valence-electron chi connectivity index (χ4n) is 1.35. The van der Waals surface area contributed by atoms with Crippen molar-refractivity contribution in [1.82, 2.24) is 0 Å². The van der Waals surface area contributed by atoms with Gasteiger partial charge in [-0.05, 0) is 12.1 Å². The lowest BCUT2D eigenvalue weighted by atomic mass is 10.1. The molecule has 1 rings (SSSR count). The number of carbonyl (C=O) groups is 1. The maximum atomic E-state index is 12.2. The molecule has 0 aliphatic rings. The minimum atomic E-state index is -5.66. The first-order valence-electron chi connectivity index (χ1n) is 5.34. The summed E-state index contributed by atoms with van der Waals surface area (Å²) in [6.07, 6.45) is -15.3. The summed E-state index contributed by atoms with van der Waals surface area (Å²) in [5, 5.41) is 8.51. The number of benzene rings is 1. The van der Waals surface area contributed by atoms with E-state index in [1.807, 2.05) is 0 Å². The second kappa shape index (κ2) is 6.13. The lowest BCUT2D eigenvalue weighted by molar-refractivity contribution is -0.318. The maximum absolute atomic E-state index is 12.2. The van der Waals surface area contributed by atoms with Gasteiger partial charge in [0.05, 0.1) is 11.6 Å². The lowest BCUT2D eigenvalue weighted by Gasteiger charge is -2.22. The summed E-state index contributed by atoms with van der Waals surface area (Å²) < 4.78 is 76.7. The van der Waals surface area contributed by atoms with E-state index in [1.165, 1.54) is 12.1 Å². The SMILES string of the molecule is N#Cc1ccc(C(=O)COC(C(F)(F)F)C(F)(F)F)cc1. The molecule has 0 heterocycles. The van der Waals surface area contributed by atoms with Gasteiger partial charge in [0.25, 0.3) is 0 Å². The molecule has 0 aliphatic carbocycles. The summed E-state index contributed by atoms with van der Waals surface area (Å²) in [5.74, 6) is -1.06. The highest BCUT2D eigenvalue weighted by Crippen LogP contribution is 2.35. The highest BCUT2D eigenvalue weighted by atomic mass is 19.4. The van der Waals surface area contributed by atoms with Gasteiger partial charge in [0.15, 0.2) is 5.78 Å². The van der Waals surface area contributed by atoms with Crippen molar-refractivity contribution in [2.45, 2.75) is 18.5 Å². The molecule has 0 fully saturated rings. The fourth-order valence-corrected chi connectivity index (χ4v) is 1.35. The molecular weight excluding hydrogens is 304 g/mol. The van der Waals surface area contributed by atoms with E-state index in [9.17, 15) is 31.1 Å². The Morgan fingerprint density at radius 1 is 1.10 bits per heavy atom. The first-order chi connectivity index (χ1) is 9.55. The Hall–Kier alpha value is -2.08. The first-order valence-corrected chi connectivity index (χ1v) is 5.34. The van der Waals surface area contributed by atoms with Crippen molar-refractivity contribution in [3.63, 3.8) is 0 Å². The molecule has 9 heteroatoms. The third kappa shape index (κ3) is 4.75. The molecule has 0 atom stereocenters. The van der Waals surface area contributed by atoms with Gasteiger partial charge in [0.1, 0.15) is 6.61 Å². The topological polar surface area (TPSA) is 50.1 Å². The average Bonchev–Trinajstić information content (AvgIpc) is 2.35. The van der Waals surface area contributed by atoms with Gasteiger partial charge < -0.3 is 4.74 Å². The average molecular weight is 311 g/mol. The molecule has 1 aromatic carbocycles. The standard InChI is InChI=1S/C12H7F6NO2/c13-11(14,15)10(12(16,17)18)21-6-9(20)8-3-1-7(5-19)2-4-8/h1-4,10H,6H2. The van der Waals surface area contributed by atoms with Crippen molar-refractivity contribution in [1.29, 1.82) is 5.26 Å². The number of halogens is 6. The smallest absolute Gasteiger partial charge is 0.353 e. The largest absolute Gasteiger partial charge is 0.423 e. The van der Waals surface area contributed by atoms with Crippen molar-refractivity contribution < 1.29 is 35.9 Å². The number of nitrogens with zero attached hydrogens (tertiary/aromatic N) is 1. The first kappa shape index (κ1) is 17.0. The number of carbonyl (C=O) groups excluding carboxylic acids is 1. The maximum Gasteiger partial charge on any atom is 0.423 e. The van der Waals surface area contributed by atoms with Crippen LogP contribution in [0.15, 0.2) is 24.3 Å². The van der Waals surface area contributed by atoms with Crippen molar-refractivity contribution in [2.75, 3.05) is 6.61 Å². The van der Waals surface area contributed by atoms with E-state index < -0.39 is 30.8 Å². The number of Topliss-reactive ketones (excluding diaryl/α,β-unsaturated/α-hetero) is 1. The van der Waals surface area contributed by atoms with E-state index in [4.69, 9.17) is 5.26 Å². The van der Waals surface area contributed by atoms with E-state index in [-0.39, 0.29) is 11.1 Å². The number of ketones is 1. The van der Waals surface area contributed by atoms with Crippen LogP contribution in [-0.2, 0) is 4.74 Å². The van der Waals surface area contributed by atoms with Gasteiger partial charge in [-0.15, -0.1) is 0 Å². The van der Waals surface area contributed by atoms with Crippen LogP contribution in [0.2, 0.25) is 0 Å². The van der Waals surface area contributed by atoms with Crippen LogP contribution in [0, 0.1) is 11.3 Å². The third-order valence-corrected chi connectivity index (χ3v) is 2.31. The van der Waals surface area contributed by atoms with Crippen LogP contribution >= 0.6 is 0 Å². The summed E-state index contributed by atoms with van der Waals surface area (Å²) in [4.78, 5) is 11.5. The quantitative estimate of drug-likeness (QED) is 0.633. The Balaban J connectivity index is 2.76. The number of rotatable bonds is 4. The van der Waals surface area contributed by atoms with Gasteiger partial charge in [0, 0.05) is 5.56 Å². The molecule has 0 saturated carbocycles. The van der Waals surface area contributed by atoms with Crippen LogP contribution in [0.5, 0.6) is 0 Å². The molecular formula is C12H7F6NO2. The Morgan fingerprint density at radius 3 is 1.95 bits per heavy atom. The number of nitriles is 1. The monoisotopic (exact) mass is 311 g/mol. The summed E-state index contributed by atoms with van der Waals surface area (Å²) in [5.41, 5.74) is 0.0352. The molecule has 3 nitrogen and oxygen atoms in total. The molecule has 0 aromatic heterocycles. The van der Waals surface area contributed by atoms with Gasteiger partial charge in [0.2, 0.25) is 6.10 Å². The van der Waals surface area contributed by atoms with Gasteiger partial charge in [-0.3, -0.25) is 4.79 Å². The third-order valence-electron chi connectivity index (χ3n) is 2.31. The second-order valence-electron chi connectivity index (χ2n) is 3.89. The predicted octanol–water partition coefficient (Wildman–Crippen LogP) is 3.25. The summed E-state index contributed by atoms with van der Waals surface area (Å²) in [6, 6.07) is 6.38. The number of alkyl halides is 6. The van der Waals surface area contributed by atoms with Crippen LogP contribution in [0.1, 0.15) is 15.9 Å². The molecule has 0 N–H and O–H groups in total. The predicted molar refractivity (Wildman–Crippen MR) is 57.3 cm³/mol. The van der Waals surface area contributed by atoms with Gasteiger partial charge in [-0.1, -0.05) is 12.1 Å². The van der Waals surface area contributed by atoms with Crippen LogP contribution in [0.4, 0.5) is 26.3 Å². The van der Waals surface area contributed by atoms with Crippen LogP contribution < -0.4 is 0 Å². The Morgan fingerprint density at radius 2 is 1.57 bits per heavy atom. The van der Waals surface area contributed by atoms with Crippen LogP contribution in [0.3, 0.4) is 0 Å². The van der Waals surface area contributed by atoms with Gasteiger partial charge >= 0.3 is 12.4 Å². The number of ether oxygens (including phenoxy) is 1. The summed E-state index contributed by atoms with van der Waals surface area (Å²) >= 11 is 0. The zero-order valence-electron chi connectivity index (χ0n) is 10.1. The van der Waals surface area contributed by atoms with Gasteiger partial charge in [-0.2, -0.15) is 31.6 Å². The van der Waals surface area contributed by atoms with Crippen molar-refractivity contribution in [3.05, 3.63) is 35.4 Å². The molecule has 0 radical (unpaired) electrons. The van der Waals surface area contributed by atoms with Crippen LogP contribution in [0.25, 0.3) is 0 Å². The van der Waals surface area contributed by atoms with E-state index in [0.29, 0.717) is 0 Å². The highest BCUT2D eigenvalue weighted by molar-refractivity contribution is 5.97. The fraction of sp³-hybridized carbons (Fsp3) is 0.333.